The largest absolute Gasteiger partial charge is 0.396 e. The summed E-state index contributed by atoms with van der Waals surface area (Å²) < 4.78 is 0. The average Bonchev–Trinajstić information content (AvgIpc) is 2.25. The summed E-state index contributed by atoms with van der Waals surface area (Å²) >= 11 is 0. The number of benzene rings is 1. The Balaban J connectivity index is 2.50. The second-order valence-corrected chi connectivity index (χ2v) is 4.33. The Hall–Kier alpha value is -0.860. The highest BCUT2D eigenvalue weighted by Crippen LogP contribution is 2.13. The van der Waals surface area contributed by atoms with E-state index in [1.165, 1.54) is 11.1 Å². The molecule has 1 rings (SSSR count). The first-order valence-corrected chi connectivity index (χ1v) is 5.54. The predicted molar refractivity (Wildman–Crippen MR) is 63.8 cm³/mol. The Morgan fingerprint density at radius 2 is 2.07 bits per heavy atom. The van der Waals surface area contributed by atoms with Crippen LogP contribution in [-0.4, -0.2) is 18.3 Å². The molecule has 15 heavy (non-hydrogen) atoms. The lowest BCUT2D eigenvalue weighted by Gasteiger charge is -2.17. The molecule has 0 saturated heterocycles. The first kappa shape index (κ1) is 12.2. The number of nitrogens with one attached hydrogen (secondary N) is 1. The smallest absolute Gasteiger partial charge is 0.0468 e. The zero-order valence-corrected chi connectivity index (χ0v) is 9.83. The van der Waals surface area contributed by atoms with Crippen LogP contribution in [0.5, 0.6) is 0 Å². The SMILES string of the molecule is Cc1cccc([C@@H](C)NCC(C)CO)c1. The Morgan fingerprint density at radius 3 is 2.67 bits per heavy atom. The predicted octanol–water partition coefficient (Wildman–Crippen LogP) is 2.27. The number of rotatable bonds is 5. The van der Waals surface area contributed by atoms with Crippen molar-refractivity contribution in [3.05, 3.63) is 35.4 Å². The molecular weight excluding hydrogens is 186 g/mol. The molecule has 0 aliphatic rings. The van der Waals surface area contributed by atoms with Gasteiger partial charge in [-0.1, -0.05) is 36.8 Å². The lowest BCUT2D eigenvalue weighted by atomic mass is 10.1. The quantitative estimate of drug-likeness (QED) is 0.776. The van der Waals surface area contributed by atoms with Gasteiger partial charge in [-0.3, -0.25) is 0 Å². The monoisotopic (exact) mass is 207 g/mol. The minimum absolute atomic E-state index is 0.244. The highest BCUT2D eigenvalue weighted by atomic mass is 16.3. The molecule has 2 atom stereocenters. The summed E-state index contributed by atoms with van der Waals surface area (Å²) in [5, 5.41) is 12.3. The van der Waals surface area contributed by atoms with Crippen LogP contribution in [0.4, 0.5) is 0 Å². The van der Waals surface area contributed by atoms with E-state index < -0.39 is 0 Å². The number of aryl methyl sites for hydroxylation is 1. The van der Waals surface area contributed by atoms with Crippen LogP contribution in [0.3, 0.4) is 0 Å². The lowest BCUT2D eigenvalue weighted by Crippen LogP contribution is -2.26. The summed E-state index contributed by atoms with van der Waals surface area (Å²) in [6.45, 7) is 7.39. The van der Waals surface area contributed by atoms with Crippen molar-refractivity contribution in [2.75, 3.05) is 13.2 Å². The Labute approximate surface area is 92.3 Å². The molecular formula is C13H21NO. The highest BCUT2D eigenvalue weighted by molar-refractivity contribution is 5.24. The van der Waals surface area contributed by atoms with Gasteiger partial charge in [-0.25, -0.2) is 0 Å². The molecule has 2 nitrogen and oxygen atoms in total. The van der Waals surface area contributed by atoms with Crippen LogP contribution < -0.4 is 5.32 Å². The number of hydrogen-bond donors (Lipinski definition) is 2. The van der Waals surface area contributed by atoms with Gasteiger partial charge >= 0.3 is 0 Å². The first-order chi connectivity index (χ1) is 7.13. The third-order valence-corrected chi connectivity index (χ3v) is 2.63. The molecule has 0 fully saturated rings. The summed E-state index contributed by atoms with van der Waals surface area (Å²) in [5.74, 6) is 0.317. The van der Waals surface area contributed by atoms with Gasteiger partial charge in [0.05, 0.1) is 0 Å². The van der Waals surface area contributed by atoms with Crippen LogP contribution in [0.2, 0.25) is 0 Å². The van der Waals surface area contributed by atoms with E-state index in [0.29, 0.717) is 12.0 Å². The highest BCUT2D eigenvalue weighted by Gasteiger charge is 2.06. The van der Waals surface area contributed by atoms with Crippen molar-refractivity contribution < 1.29 is 5.11 Å². The third kappa shape index (κ3) is 4.02. The maximum absolute atomic E-state index is 8.92. The van der Waals surface area contributed by atoms with Crippen LogP contribution in [0.25, 0.3) is 0 Å². The molecule has 0 amide bonds. The fraction of sp³-hybridized carbons (Fsp3) is 0.538. The molecule has 0 aliphatic heterocycles. The fourth-order valence-corrected chi connectivity index (χ4v) is 1.50. The number of hydrogen-bond acceptors (Lipinski definition) is 2. The molecule has 0 aromatic heterocycles. The Bertz CT molecular complexity index is 298. The van der Waals surface area contributed by atoms with Crippen molar-refractivity contribution in [2.45, 2.75) is 26.8 Å². The molecule has 2 N–H and O–H groups in total. The molecule has 84 valence electrons. The van der Waals surface area contributed by atoms with E-state index in [4.69, 9.17) is 5.11 Å². The minimum atomic E-state index is 0.244. The van der Waals surface area contributed by atoms with Gasteiger partial charge < -0.3 is 10.4 Å². The lowest BCUT2D eigenvalue weighted by molar-refractivity contribution is 0.231. The summed E-state index contributed by atoms with van der Waals surface area (Å²) in [6, 6.07) is 8.86. The second-order valence-electron chi connectivity index (χ2n) is 4.33. The number of aliphatic hydroxyl groups excluding tert-OH is 1. The first-order valence-electron chi connectivity index (χ1n) is 5.54. The summed E-state index contributed by atoms with van der Waals surface area (Å²) in [7, 11) is 0. The standard InChI is InChI=1S/C13H21NO/c1-10-5-4-6-13(7-10)12(3)14-8-11(2)9-15/h4-7,11-12,14-15H,8-9H2,1-3H3/t11?,12-/m1/s1. The topological polar surface area (TPSA) is 32.3 Å². The normalized spacial score (nSPS) is 14.9. The van der Waals surface area contributed by atoms with Crippen molar-refractivity contribution in [2.24, 2.45) is 5.92 Å². The van der Waals surface area contributed by atoms with Gasteiger partial charge in [-0.05, 0) is 25.3 Å². The molecule has 2 heteroatoms. The van der Waals surface area contributed by atoms with Crippen molar-refractivity contribution in [1.29, 1.82) is 0 Å². The van der Waals surface area contributed by atoms with E-state index in [0.717, 1.165) is 6.54 Å². The van der Waals surface area contributed by atoms with Gasteiger partial charge in [-0.2, -0.15) is 0 Å². The van der Waals surface area contributed by atoms with Gasteiger partial charge in [0.25, 0.3) is 0 Å². The zero-order chi connectivity index (χ0) is 11.3. The van der Waals surface area contributed by atoms with E-state index in [1.54, 1.807) is 0 Å². The van der Waals surface area contributed by atoms with Crippen LogP contribution in [0, 0.1) is 12.8 Å². The second kappa shape index (κ2) is 5.89. The molecule has 0 radical (unpaired) electrons. The van der Waals surface area contributed by atoms with Crippen LogP contribution in [0.15, 0.2) is 24.3 Å². The third-order valence-electron chi connectivity index (χ3n) is 2.63. The molecule has 0 bridgehead atoms. The zero-order valence-electron chi connectivity index (χ0n) is 9.83. The van der Waals surface area contributed by atoms with E-state index in [1.807, 2.05) is 6.92 Å². The van der Waals surface area contributed by atoms with Crippen molar-refractivity contribution >= 4 is 0 Å². The van der Waals surface area contributed by atoms with E-state index in [9.17, 15) is 0 Å². The molecule has 1 unspecified atom stereocenters. The maximum atomic E-state index is 8.92. The Morgan fingerprint density at radius 1 is 1.33 bits per heavy atom. The molecule has 0 aliphatic carbocycles. The Kier molecular flexibility index (Phi) is 4.79. The van der Waals surface area contributed by atoms with E-state index >= 15 is 0 Å². The average molecular weight is 207 g/mol. The maximum Gasteiger partial charge on any atom is 0.0468 e. The van der Waals surface area contributed by atoms with Gasteiger partial charge in [-0.15, -0.1) is 0 Å². The van der Waals surface area contributed by atoms with Crippen LogP contribution in [-0.2, 0) is 0 Å². The number of aliphatic hydroxyl groups is 1. The summed E-state index contributed by atoms with van der Waals surface area (Å²) in [4.78, 5) is 0. The van der Waals surface area contributed by atoms with E-state index in [2.05, 4.69) is 43.4 Å². The fourth-order valence-electron chi connectivity index (χ4n) is 1.50. The molecule has 0 saturated carbocycles. The summed E-state index contributed by atoms with van der Waals surface area (Å²) in [5.41, 5.74) is 2.59. The van der Waals surface area contributed by atoms with Crippen LogP contribution >= 0.6 is 0 Å². The van der Waals surface area contributed by atoms with Gasteiger partial charge in [0.2, 0.25) is 0 Å². The van der Waals surface area contributed by atoms with E-state index in [-0.39, 0.29) is 6.61 Å². The van der Waals surface area contributed by atoms with Gasteiger partial charge in [0, 0.05) is 19.2 Å². The van der Waals surface area contributed by atoms with Gasteiger partial charge in [0.15, 0.2) is 0 Å². The van der Waals surface area contributed by atoms with Crippen LogP contribution in [0.1, 0.15) is 31.0 Å². The minimum Gasteiger partial charge on any atom is -0.396 e. The van der Waals surface area contributed by atoms with Gasteiger partial charge in [0.1, 0.15) is 0 Å². The molecule has 1 aromatic rings. The molecule has 0 spiro atoms. The van der Waals surface area contributed by atoms with Crippen molar-refractivity contribution in [3.8, 4) is 0 Å². The summed E-state index contributed by atoms with van der Waals surface area (Å²) in [6.07, 6.45) is 0. The molecule has 1 aromatic carbocycles. The van der Waals surface area contributed by atoms with Crippen molar-refractivity contribution in [1.82, 2.24) is 5.32 Å². The van der Waals surface area contributed by atoms with Crippen molar-refractivity contribution in [3.63, 3.8) is 0 Å². The molecule has 0 heterocycles.